The Hall–Kier alpha value is -2.87. The predicted molar refractivity (Wildman–Crippen MR) is 127 cm³/mol. The Labute approximate surface area is 190 Å². The van der Waals surface area contributed by atoms with Gasteiger partial charge in [0, 0.05) is 15.2 Å². The van der Waals surface area contributed by atoms with Crippen molar-refractivity contribution in [2.45, 2.75) is 20.3 Å². The summed E-state index contributed by atoms with van der Waals surface area (Å²) in [5, 5.41) is 12.7. The minimum atomic E-state index is -0.477. The van der Waals surface area contributed by atoms with Gasteiger partial charge in [-0.05, 0) is 67.3 Å². The number of hydrogen-bond acceptors (Lipinski definition) is 2. The molecule has 0 unspecified atom stereocenters. The Kier molecular flexibility index (Phi) is 7.10. The second kappa shape index (κ2) is 9.75. The van der Waals surface area contributed by atoms with Gasteiger partial charge in [0.25, 0.3) is 5.91 Å². The normalized spacial score (nSPS) is 11.1. The van der Waals surface area contributed by atoms with Crippen molar-refractivity contribution in [3.05, 3.63) is 104 Å². The van der Waals surface area contributed by atoms with Crippen LogP contribution < -0.4 is 5.32 Å². The summed E-state index contributed by atoms with van der Waals surface area (Å²) < 4.78 is 0.933. The van der Waals surface area contributed by atoms with E-state index in [9.17, 15) is 10.1 Å². The lowest BCUT2D eigenvalue weighted by Crippen LogP contribution is -2.13. The van der Waals surface area contributed by atoms with E-state index in [1.165, 1.54) is 16.7 Å². The first-order valence-corrected chi connectivity index (χ1v) is 10.6. The fourth-order valence-electron chi connectivity index (χ4n) is 3.27. The van der Waals surface area contributed by atoms with E-state index in [4.69, 9.17) is 11.6 Å². The van der Waals surface area contributed by atoms with Crippen molar-refractivity contribution in [1.82, 2.24) is 0 Å². The monoisotopic (exact) mass is 478 g/mol. The summed E-state index contributed by atoms with van der Waals surface area (Å²) in [4.78, 5) is 12.5. The average molecular weight is 480 g/mol. The fraction of sp³-hybridized carbons (Fsp3) is 0.120. The fourth-order valence-corrected chi connectivity index (χ4v) is 3.99. The number of nitrogens with zero attached hydrogens (tertiary/aromatic N) is 1. The summed E-state index contributed by atoms with van der Waals surface area (Å²) >= 11 is 9.57. The van der Waals surface area contributed by atoms with Crippen molar-refractivity contribution in [3.63, 3.8) is 0 Å². The van der Waals surface area contributed by atoms with Crippen LogP contribution in [0.25, 0.3) is 6.08 Å². The van der Waals surface area contributed by atoms with Crippen molar-refractivity contribution >= 4 is 45.2 Å². The first-order chi connectivity index (χ1) is 14.3. The summed E-state index contributed by atoms with van der Waals surface area (Å²) in [6.45, 7) is 4.19. The highest BCUT2D eigenvalue weighted by molar-refractivity contribution is 9.10. The SMILES string of the molecule is Cc1cc(C)cc(Cc2ccc(/C=C(\C#N)C(=O)Nc3cccc(Cl)c3)cc2Br)c1. The minimum absolute atomic E-state index is 0.0175. The third-order valence-electron chi connectivity index (χ3n) is 4.51. The molecule has 3 nitrogen and oxygen atoms in total. The average Bonchev–Trinajstić information content (AvgIpc) is 2.67. The van der Waals surface area contributed by atoms with Crippen molar-refractivity contribution in [2.75, 3.05) is 5.32 Å². The second-order valence-corrected chi connectivity index (χ2v) is 8.45. The van der Waals surface area contributed by atoms with Crippen molar-refractivity contribution < 1.29 is 4.79 Å². The number of rotatable bonds is 5. The maximum absolute atomic E-state index is 12.5. The van der Waals surface area contributed by atoms with Crippen LogP contribution in [0.4, 0.5) is 5.69 Å². The molecule has 3 aromatic rings. The van der Waals surface area contributed by atoms with Crippen LogP contribution in [0.3, 0.4) is 0 Å². The number of benzene rings is 3. The van der Waals surface area contributed by atoms with Crippen molar-refractivity contribution in [3.8, 4) is 6.07 Å². The molecule has 0 aliphatic heterocycles. The van der Waals surface area contributed by atoms with Crippen LogP contribution in [0.5, 0.6) is 0 Å². The summed E-state index contributed by atoms with van der Waals surface area (Å²) in [7, 11) is 0. The molecule has 30 heavy (non-hydrogen) atoms. The van der Waals surface area contributed by atoms with E-state index >= 15 is 0 Å². The van der Waals surface area contributed by atoms with Gasteiger partial charge in [0.1, 0.15) is 11.6 Å². The third kappa shape index (κ3) is 5.82. The highest BCUT2D eigenvalue weighted by Crippen LogP contribution is 2.24. The zero-order valence-electron chi connectivity index (χ0n) is 16.7. The van der Waals surface area contributed by atoms with Crippen molar-refractivity contribution in [1.29, 1.82) is 5.26 Å². The third-order valence-corrected chi connectivity index (χ3v) is 5.49. The van der Waals surface area contributed by atoms with E-state index in [0.717, 1.165) is 22.0 Å². The summed E-state index contributed by atoms with van der Waals surface area (Å²) in [6.07, 6.45) is 2.37. The topological polar surface area (TPSA) is 52.9 Å². The standard InChI is InChI=1S/C25H20BrClN2O/c1-16-8-17(2)10-19(9-16)12-20-7-6-18(13-24(20)26)11-21(15-28)25(30)29-23-5-3-4-22(27)14-23/h3-11,13-14H,12H2,1-2H3,(H,29,30)/b21-11+. The van der Waals surface area contributed by atoms with Gasteiger partial charge in [0.2, 0.25) is 0 Å². The van der Waals surface area contributed by atoms with Gasteiger partial charge in [0.15, 0.2) is 0 Å². The van der Waals surface area contributed by atoms with E-state index in [0.29, 0.717) is 10.7 Å². The zero-order chi connectivity index (χ0) is 21.7. The van der Waals surface area contributed by atoms with Gasteiger partial charge in [-0.3, -0.25) is 4.79 Å². The van der Waals surface area contributed by atoms with E-state index in [1.807, 2.05) is 24.3 Å². The molecule has 1 amide bonds. The number of amides is 1. The van der Waals surface area contributed by atoms with Gasteiger partial charge in [-0.1, -0.05) is 75.1 Å². The summed E-state index contributed by atoms with van der Waals surface area (Å²) in [5.74, 6) is -0.477. The number of carbonyl (C=O) groups excluding carboxylic acids is 1. The molecule has 3 rings (SSSR count). The van der Waals surface area contributed by atoms with Crippen molar-refractivity contribution in [2.24, 2.45) is 0 Å². The first kappa shape index (κ1) is 21.8. The highest BCUT2D eigenvalue weighted by Gasteiger charge is 2.11. The van der Waals surface area contributed by atoms with Gasteiger partial charge in [-0.15, -0.1) is 0 Å². The Bertz CT molecular complexity index is 1160. The van der Waals surface area contributed by atoms with Crippen LogP contribution in [-0.2, 0) is 11.2 Å². The van der Waals surface area contributed by atoms with Crippen LogP contribution in [0, 0.1) is 25.2 Å². The predicted octanol–water partition coefficient (Wildman–Crippen LogP) is 6.86. The van der Waals surface area contributed by atoms with Crippen LogP contribution in [0.2, 0.25) is 5.02 Å². The molecule has 150 valence electrons. The number of hydrogen-bond donors (Lipinski definition) is 1. The van der Waals surface area contributed by atoms with E-state index in [2.05, 4.69) is 53.3 Å². The molecule has 0 fully saturated rings. The van der Waals surface area contributed by atoms with Gasteiger partial charge in [-0.2, -0.15) is 5.26 Å². The summed E-state index contributed by atoms with van der Waals surface area (Å²) in [5.41, 5.74) is 6.19. The molecule has 0 radical (unpaired) electrons. The molecule has 0 saturated carbocycles. The Morgan fingerprint density at radius 1 is 1.10 bits per heavy atom. The maximum atomic E-state index is 12.5. The molecule has 5 heteroatoms. The van der Waals surface area contributed by atoms with Gasteiger partial charge < -0.3 is 5.32 Å². The van der Waals surface area contributed by atoms with E-state index in [-0.39, 0.29) is 5.57 Å². The molecule has 0 aromatic heterocycles. The largest absolute Gasteiger partial charge is 0.321 e. The van der Waals surface area contributed by atoms with Crippen LogP contribution >= 0.6 is 27.5 Å². The molecular formula is C25H20BrClN2O. The summed E-state index contributed by atoms with van der Waals surface area (Å²) in [6, 6.07) is 21.1. The molecule has 3 aromatic carbocycles. The van der Waals surface area contributed by atoms with Crippen LogP contribution in [0.15, 0.2) is 70.7 Å². The number of nitriles is 1. The second-order valence-electron chi connectivity index (χ2n) is 7.16. The molecule has 0 aliphatic rings. The lowest BCUT2D eigenvalue weighted by Gasteiger charge is -2.09. The molecular weight excluding hydrogens is 460 g/mol. The minimum Gasteiger partial charge on any atom is -0.321 e. The number of anilines is 1. The quantitative estimate of drug-likeness (QED) is 0.321. The Morgan fingerprint density at radius 2 is 1.83 bits per heavy atom. The van der Waals surface area contributed by atoms with E-state index < -0.39 is 5.91 Å². The molecule has 0 saturated heterocycles. The number of halogens is 2. The first-order valence-electron chi connectivity index (χ1n) is 9.38. The van der Waals surface area contributed by atoms with Crippen LogP contribution in [0.1, 0.15) is 27.8 Å². The zero-order valence-corrected chi connectivity index (χ0v) is 19.0. The molecule has 0 spiro atoms. The van der Waals surface area contributed by atoms with Gasteiger partial charge in [-0.25, -0.2) is 0 Å². The van der Waals surface area contributed by atoms with E-state index in [1.54, 1.807) is 30.3 Å². The molecule has 1 N–H and O–H groups in total. The number of carbonyl (C=O) groups is 1. The highest BCUT2D eigenvalue weighted by atomic mass is 79.9. The maximum Gasteiger partial charge on any atom is 0.266 e. The Balaban J connectivity index is 1.79. The Morgan fingerprint density at radius 3 is 2.47 bits per heavy atom. The number of aryl methyl sites for hydroxylation is 2. The smallest absolute Gasteiger partial charge is 0.266 e. The number of nitrogens with one attached hydrogen (secondary N) is 1. The molecule has 0 atom stereocenters. The lowest BCUT2D eigenvalue weighted by molar-refractivity contribution is -0.112. The molecule has 0 bridgehead atoms. The van der Waals surface area contributed by atoms with Gasteiger partial charge in [0.05, 0.1) is 0 Å². The van der Waals surface area contributed by atoms with Gasteiger partial charge >= 0.3 is 0 Å². The molecule has 0 heterocycles. The van der Waals surface area contributed by atoms with Crippen LogP contribution in [-0.4, -0.2) is 5.91 Å². The molecule has 0 aliphatic carbocycles. The lowest BCUT2D eigenvalue weighted by atomic mass is 9.99.